The van der Waals surface area contributed by atoms with Gasteiger partial charge in [0.2, 0.25) is 0 Å². The maximum absolute atomic E-state index is 5.39. The Morgan fingerprint density at radius 1 is 1.29 bits per heavy atom. The molecular formula is C14H18N2O. The first-order chi connectivity index (χ1) is 8.20. The molecule has 1 unspecified atom stereocenters. The van der Waals surface area contributed by atoms with Crippen molar-refractivity contribution in [1.29, 1.82) is 0 Å². The van der Waals surface area contributed by atoms with Crippen molar-refractivity contribution in [2.24, 2.45) is 0 Å². The molecule has 0 aliphatic carbocycles. The zero-order chi connectivity index (χ0) is 12.3. The average molecular weight is 230 g/mol. The molecular weight excluding hydrogens is 212 g/mol. The summed E-state index contributed by atoms with van der Waals surface area (Å²) in [7, 11) is 1.97. The molecule has 0 fully saturated rings. The molecule has 2 heterocycles. The van der Waals surface area contributed by atoms with Crippen molar-refractivity contribution in [3.8, 4) is 0 Å². The van der Waals surface area contributed by atoms with Gasteiger partial charge in [-0.15, -0.1) is 0 Å². The molecule has 17 heavy (non-hydrogen) atoms. The SMILES string of the molecule is CNC(Cc1ccco1)c1ccc(C)nc1C. The summed E-state index contributed by atoms with van der Waals surface area (Å²) in [6.45, 7) is 4.06. The lowest BCUT2D eigenvalue weighted by Crippen LogP contribution is -2.20. The largest absolute Gasteiger partial charge is 0.469 e. The Balaban J connectivity index is 2.23. The predicted molar refractivity (Wildman–Crippen MR) is 67.9 cm³/mol. The molecule has 2 aromatic heterocycles. The van der Waals surface area contributed by atoms with Crippen LogP contribution in [0.15, 0.2) is 34.9 Å². The molecule has 1 N–H and O–H groups in total. The van der Waals surface area contributed by atoms with Crippen LogP contribution in [0.2, 0.25) is 0 Å². The Kier molecular flexibility index (Phi) is 3.59. The smallest absolute Gasteiger partial charge is 0.105 e. The summed E-state index contributed by atoms with van der Waals surface area (Å²) in [5.41, 5.74) is 3.37. The Bertz CT molecular complexity index is 477. The molecule has 0 aliphatic rings. The monoisotopic (exact) mass is 230 g/mol. The molecule has 1 atom stereocenters. The fourth-order valence-corrected chi connectivity index (χ4v) is 2.06. The summed E-state index contributed by atoms with van der Waals surface area (Å²) in [4.78, 5) is 4.50. The van der Waals surface area contributed by atoms with Gasteiger partial charge in [0.25, 0.3) is 0 Å². The number of pyridine rings is 1. The van der Waals surface area contributed by atoms with Crippen molar-refractivity contribution in [2.45, 2.75) is 26.3 Å². The highest BCUT2D eigenvalue weighted by Crippen LogP contribution is 2.21. The molecule has 0 bridgehead atoms. The average Bonchev–Trinajstić information content (AvgIpc) is 2.79. The van der Waals surface area contributed by atoms with Crippen molar-refractivity contribution in [1.82, 2.24) is 10.3 Å². The van der Waals surface area contributed by atoms with Crippen molar-refractivity contribution >= 4 is 0 Å². The minimum absolute atomic E-state index is 0.245. The standard InChI is InChI=1S/C14H18N2O/c1-10-6-7-13(11(2)16-10)14(15-3)9-12-5-4-8-17-12/h4-8,14-15H,9H2,1-3H3. The van der Waals surface area contributed by atoms with Crippen LogP contribution < -0.4 is 5.32 Å². The molecule has 0 radical (unpaired) electrons. The van der Waals surface area contributed by atoms with Gasteiger partial charge in [0.15, 0.2) is 0 Å². The number of aromatic nitrogens is 1. The Hall–Kier alpha value is -1.61. The van der Waals surface area contributed by atoms with E-state index >= 15 is 0 Å². The first kappa shape index (κ1) is 11.9. The Morgan fingerprint density at radius 3 is 2.71 bits per heavy atom. The third-order valence-electron chi connectivity index (χ3n) is 2.98. The van der Waals surface area contributed by atoms with E-state index in [0.29, 0.717) is 0 Å². The third kappa shape index (κ3) is 2.74. The molecule has 0 aromatic carbocycles. The van der Waals surface area contributed by atoms with Crippen LogP contribution in [0.4, 0.5) is 0 Å². The number of likely N-dealkylation sites (N-methyl/N-ethyl adjacent to an activating group) is 1. The molecule has 3 heteroatoms. The van der Waals surface area contributed by atoms with Crippen LogP contribution in [0, 0.1) is 13.8 Å². The summed E-state index contributed by atoms with van der Waals surface area (Å²) in [5.74, 6) is 0.990. The van der Waals surface area contributed by atoms with E-state index in [0.717, 1.165) is 23.6 Å². The molecule has 3 nitrogen and oxygen atoms in total. The molecule has 2 aromatic rings. The molecule has 0 saturated heterocycles. The lowest BCUT2D eigenvalue weighted by molar-refractivity contribution is 0.464. The second-order valence-electron chi connectivity index (χ2n) is 4.25. The fourth-order valence-electron chi connectivity index (χ4n) is 2.06. The first-order valence-corrected chi connectivity index (χ1v) is 5.84. The quantitative estimate of drug-likeness (QED) is 0.877. The second-order valence-corrected chi connectivity index (χ2v) is 4.25. The van der Waals surface area contributed by atoms with Crippen LogP contribution in [0.1, 0.15) is 28.8 Å². The van der Waals surface area contributed by atoms with Crippen LogP contribution >= 0.6 is 0 Å². The molecule has 0 saturated carbocycles. The summed E-state index contributed by atoms with van der Waals surface area (Å²) in [6.07, 6.45) is 2.55. The predicted octanol–water partition coefficient (Wildman–Crippen LogP) is 2.79. The number of nitrogens with zero attached hydrogens (tertiary/aromatic N) is 1. The van der Waals surface area contributed by atoms with Gasteiger partial charge < -0.3 is 9.73 Å². The van der Waals surface area contributed by atoms with Crippen molar-refractivity contribution < 1.29 is 4.42 Å². The summed E-state index contributed by atoms with van der Waals surface area (Å²) < 4.78 is 5.39. The highest BCUT2D eigenvalue weighted by Gasteiger charge is 2.14. The lowest BCUT2D eigenvalue weighted by atomic mass is 10.0. The van der Waals surface area contributed by atoms with E-state index in [9.17, 15) is 0 Å². The molecule has 0 amide bonds. The summed E-state index contributed by atoms with van der Waals surface area (Å²) in [6, 6.07) is 8.36. The molecule has 2 rings (SSSR count). The number of aryl methyl sites for hydroxylation is 2. The van der Waals surface area contributed by atoms with Gasteiger partial charge in [0, 0.05) is 23.9 Å². The molecule has 0 aliphatic heterocycles. The minimum Gasteiger partial charge on any atom is -0.469 e. The van der Waals surface area contributed by atoms with Gasteiger partial charge in [0.05, 0.1) is 6.26 Å². The van der Waals surface area contributed by atoms with E-state index in [4.69, 9.17) is 4.42 Å². The van der Waals surface area contributed by atoms with Gasteiger partial charge in [-0.1, -0.05) is 6.07 Å². The van der Waals surface area contributed by atoms with Crippen molar-refractivity contribution in [2.75, 3.05) is 7.05 Å². The van der Waals surface area contributed by atoms with E-state index in [1.165, 1.54) is 5.56 Å². The van der Waals surface area contributed by atoms with Gasteiger partial charge in [0.1, 0.15) is 5.76 Å². The first-order valence-electron chi connectivity index (χ1n) is 5.84. The van der Waals surface area contributed by atoms with Crippen LogP contribution in [0.3, 0.4) is 0 Å². The highest BCUT2D eigenvalue weighted by molar-refractivity contribution is 5.26. The van der Waals surface area contributed by atoms with Gasteiger partial charge >= 0.3 is 0 Å². The highest BCUT2D eigenvalue weighted by atomic mass is 16.3. The fraction of sp³-hybridized carbons (Fsp3) is 0.357. The van der Waals surface area contributed by atoms with E-state index in [1.807, 2.05) is 26.1 Å². The Morgan fingerprint density at radius 2 is 2.12 bits per heavy atom. The Labute approximate surface area is 102 Å². The topological polar surface area (TPSA) is 38.1 Å². The second kappa shape index (κ2) is 5.15. The van der Waals surface area contributed by atoms with Crippen LogP contribution in [-0.4, -0.2) is 12.0 Å². The van der Waals surface area contributed by atoms with E-state index < -0.39 is 0 Å². The van der Waals surface area contributed by atoms with Crippen LogP contribution in [-0.2, 0) is 6.42 Å². The number of rotatable bonds is 4. The summed E-state index contributed by atoms with van der Waals surface area (Å²) >= 11 is 0. The van der Waals surface area contributed by atoms with Crippen LogP contribution in [0.5, 0.6) is 0 Å². The summed E-state index contributed by atoms with van der Waals surface area (Å²) in [5, 5.41) is 3.32. The molecule has 0 spiro atoms. The number of hydrogen-bond donors (Lipinski definition) is 1. The normalized spacial score (nSPS) is 12.6. The van der Waals surface area contributed by atoms with E-state index in [2.05, 4.69) is 29.4 Å². The number of nitrogens with one attached hydrogen (secondary N) is 1. The van der Waals surface area contributed by atoms with E-state index in [1.54, 1.807) is 6.26 Å². The third-order valence-corrected chi connectivity index (χ3v) is 2.98. The zero-order valence-corrected chi connectivity index (χ0v) is 10.5. The van der Waals surface area contributed by atoms with Crippen molar-refractivity contribution in [3.05, 3.63) is 53.2 Å². The molecule has 90 valence electrons. The van der Waals surface area contributed by atoms with E-state index in [-0.39, 0.29) is 6.04 Å². The number of hydrogen-bond acceptors (Lipinski definition) is 3. The van der Waals surface area contributed by atoms with Gasteiger partial charge in [-0.2, -0.15) is 0 Å². The number of furan rings is 1. The van der Waals surface area contributed by atoms with Gasteiger partial charge in [-0.05, 0) is 44.7 Å². The van der Waals surface area contributed by atoms with Gasteiger partial charge in [-0.3, -0.25) is 4.98 Å². The van der Waals surface area contributed by atoms with Crippen LogP contribution in [0.25, 0.3) is 0 Å². The maximum atomic E-state index is 5.39. The lowest BCUT2D eigenvalue weighted by Gasteiger charge is -2.17. The maximum Gasteiger partial charge on any atom is 0.105 e. The van der Waals surface area contributed by atoms with Crippen molar-refractivity contribution in [3.63, 3.8) is 0 Å². The van der Waals surface area contributed by atoms with Gasteiger partial charge in [-0.25, -0.2) is 0 Å². The minimum atomic E-state index is 0.245. The zero-order valence-electron chi connectivity index (χ0n) is 10.5.